The van der Waals surface area contributed by atoms with Gasteiger partial charge < -0.3 is 10.2 Å². The van der Waals surface area contributed by atoms with Crippen molar-refractivity contribution in [1.29, 1.82) is 0 Å². The van der Waals surface area contributed by atoms with Crippen molar-refractivity contribution < 1.29 is 9.59 Å². The number of fused-ring (bicyclic) bond motifs is 1. The van der Waals surface area contributed by atoms with Crippen LogP contribution in [0.4, 0.5) is 11.4 Å². The number of benzene rings is 2. The molecule has 0 aliphatic carbocycles. The van der Waals surface area contributed by atoms with Crippen LogP contribution in [-0.2, 0) is 11.2 Å². The number of thioether (sulfide) groups is 1. The van der Waals surface area contributed by atoms with Gasteiger partial charge in [-0.05, 0) is 61.1 Å². The van der Waals surface area contributed by atoms with E-state index < -0.39 is 0 Å². The Bertz CT molecular complexity index is 817. The van der Waals surface area contributed by atoms with Crippen LogP contribution < -0.4 is 10.2 Å². The summed E-state index contributed by atoms with van der Waals surface area (Å²) in [5.41, 5.74) is 4.44. The van der Waals surface area contributed by atoms with Crippen LogP contribution in [0.25, 0.3) is 0 Å². The highest BCUT2D eigenvalue weighted by Gasteiger charge is 2.22. The molecule has 3 rings (SSSR count). The smallest absolute Gasteiger partial charge is 0.255 e. The van der Waals surface area contributed by atoms with E-state index >= 15 is 0 Å². The number of nitrogens with one attached hydrogen (secondary N) is 1. The molecule has 24 heavy (non-hydrogen) atoms. The fourth-order valence-corrected chi connectivity index (χ4v) is 3.42. The number of hydrogen-bond acceptors (Lipinski definition) is 3. The minimum Gasteiger partial charge on any atom is -0.322 e. The Labute approximate surface area is 146 Å². The van der Waals surface area contributed by atoms with Gasteiger partial charge in [-0.25, -0.2) is 0 Å². The zero-order valence-electron chi connectivity index (χ0n) is 14.1. The van der Waals surface area contributed by atoms with Gasteiger partial charge >= 0.3 is 0 Å². The zero-order valence-corrected chi connectivity index (χ0v) is 14.9. The Kier molecular flexibility index (Phi) is 4.62. The molecule has 0 radical (unpaired) electrons. The summed E-state index contributed by atoms with van der Waals surface area (Å²) in [6.07, 6.45) is 2.81. The number of rotatable bonds is 3. The van der Waals surface area contributed by atoms with Gasteiger partial charge in [0, 0.05) is 35.3 Å². The van der Waals surface area contributed by atoms with Crippen molar-refractivity contribution in [2.75, 3.05) is 23.0 Å². The van der Waals surface area contributed by atoms with Crippen molar-refractivity contribution in [2.24, 2.45) is 0 Å². The highest BCUT2D eigenvalue weighted by molar-refractivity contribution is 7.98. The molecule has 1 N–H and O–H groups in total. The molecule has 4 nitrogen and oxygen atoms in total. The van der Waals surface area contributed by atoms with Crippen LogP contribution in [0.2, 0.25) is 0 Å². The summed E-state index contributed by atoms with van der Waals surface area (Å²) in [7, 11) is 0. The lowest BCUT2D eigenvalue weighted by molar-refractivity contribution is -0.116. The molecule has 2 aromatic rings. The first-order chi connectivity index (χ1) is 11.5. The Balaban J connectivity index is 1.82. The number of carbonyl (C=O) groups is 2. The van der Waals surface area contributed by atoms with Crippen LogP contribution >= 0.6 is 11.8 Å². The number of aryl methyl sites for hydroxylation is 1. The maximum absolute atomic E-state index is 12.6. The van der Waals surface area contributed by atoms with Gasteiger partial charge in [-0.15, -0.1) is 11.8 Å². The van der Waals surface area contributed by atoms with Crippen LogP contribution in [0.3, 0.4) is 0 Å². The first kappa shape index (κ1) is 16.6. The van der Waals surface area contributed by atoms with Crippen molar-refractivity contribution in [3.05, 3.63) is 53.1 Å². The van der Waals surface area contributed by atoms with Crippen molar-refractivity contribution in [1.82, 2.24) is 0 Å². The topological polar surface area (TPSA) is 49.4 Å². The number of hydrogen-bond donors (Lipinski definition) is 1. The second kappa shape index (κ2) is 6.69. The van der Waals surface area contributed by atoms with Crippen LogP contribution in [0.15, 0.2) is 41.3 Å². The molecule has 0 bridgehead atoms. The molecule has 2 amide bonds. The molecule has 124 valence electrons. The molecule has 0 fully saturated rings. The minimum absolute atomic E-state index is 0.0510. The summed E-state index contributed by atoms with van der Waals surface area (Å²) in [6, 6.07) is 11.6. The lowest BCUT2D eigenvalue weighted by Gasteiger charge is -2.15. The molecule has 0 atom stereocenters. The Hall–Kier alpha value is -2.27. The lowest BCUT2D eigenvalue weighted by atomic mass is 10.1. The van der Waals surface area contributed by atoms with E-state index in [4.69, 9.17) is 0 Å². The number of nitrogens with zero attached hydrogens (tertiary/aromatic N) is 1. The molecule has 5 heteroatoms. The molecular formula is C19H20N2O2S. The number of amides is 2. The van der Waals surface area contributed by atoms with E-state index in [-0.39, 0.29) is 11.8 Å². The predicted octanol–water partition coefficient (Wildman–Crippen LogP) is 3.88. The van der Waals surface area contributed by atoms with E-state index in [2.05, 4.69) is 5.32 Å². The second-order valence-corrected chi connectivity index (χ2v) is 6.78. The SMILES string of the molecule is CSc1ccc(C)c(C(=O)Nc2ccc3c(c2)CCN3C(C)=O)c1. The summed E-state index contributed by atoms with van der Waals surface area (Å²) in [4.78, 5) is 27.0. The molecule has 0 unspecified atom stereocenters. The minimum atomic E-state index is -0.107. The predicted molar refractivity (Wildman–Crippen MR) is 99.1 cm³/mol. The fraction of sp³-hybridized carbons (Fsp3) is 0.263. The van der Waals surface area contributed by atoms with Gasteiger partial charge in [-0.1, -0.05) is 6.07 Å². The van der Waals surface area contributed by atoms with E-state index in [1.54, 1.807) is 23.6 Å². The van der Waals surface area contributed by atoms with E-state index in [1.165, 1.54) is 0 Å². The molecule has 0 aromatic heterocycles. The van der Waals surface area contributed by atoms with Crippen molar-refractivity contribution in [2.45, 2.75) is 25.2 Å². The first-order valence-corrected chi connectivity index (χ1v) is 9.09. The van der Waals surface area contributed by atoms with Gasteiger partial charge in [0.1, 0.15) is 0 Å². The monoisotopic (exact) mass is 340 g/mol. The van der Waals surface area contributed by atoms with E-state index in [1.807, 2.05) is 49.6 Å². The molecular weight excluding hydrogens is 320 g/mol. The highest BCUT2D eigenvalue weighted by atomic mass is 32.2. The van der Waals surface area contributed by atoms with Gasteiger partial charge in [-0.2, -0.15) is 0 Å². The Morgan fingerprint density at radius 2 is 1.96 bits per heavy atom. The van der Waals surface area contributed by atoms with Gasteiger partial charge in [-0.3, -0.25) is 9.59 Å². The van der Waals surface area contributed by atoms with Gasteiger partial charge in [0.05, 0.1) is 0 Å². The molecule has 0 spiro atoms. The standard InChI is InChI=1S/C19H20N2O2S/c1-12-4-6-16(24-3)11-17(12)19(23)20-15-5-7-18-14(10-15)8-9-21(18)13(2)22/h4-7,10-11H,8-9H2,1-3H3,(H,20,23). The summed E-state index contributed by atoms with van der Waals surface area (Å²) in [5, 5.41) is 2.97. The Morgan fingerprint density at radius 3 is 2.67 bits per heavy atom. The van der Waals surface area contributed by atoms with Gasteiger partial charge in [0.2, 0.25) is 5.91 Å². The largest absolute Gasteiger partial charge is 0.322 e. The van der Waals surface area contributed by atoms with Crippen molar-refractivity contribution in [3.63, 3.8) is 0 Å². The number of anilines is 2. The summed E-state index contributed by atoms with van der Waals surface area (Å²) in [5.74, 6) is -0.0557. The molecule has 0 saturated carbocycles. The van der Waals surface area contributed by atoms with E-state index in [0.717, 1.165) is 33.8 Å². The maximum Gasteiger partial charge on any atom is 0.255 e. The van der Waals surface area contributed by atoms with E-state index in [0.29, 0.717) is 12.1 Å². The molecule has 2 aromatic carbocycles. The normalized spacial score (nSPS) is 12.9. The molecule has 1 heterocycles. The number of carbonyl (C=O) groups excluding carboxylic acids is 2. The summed E-state index contributed by atoms with van der Waals surface area (Å²) in [6.45, 7) is 4.22. The van der Waals surface area contributed by atoms with Crippen LogP contribution in [0.5, 0.6) is 0 Å². The van der Waals surface area contributed by atoms with Crippen molar-refractivity contribution >= 4 is 35.0 Å². The second-order valence-electron chi connectivity index (χ2n) is 5.90. The Morgan fingerprint density at radius 1 is 1.17 bits per heavy atom. The quantitative estimate of drug-likeness (QED) is 0.863. The molecule has 0 saturated heterocycles. The highest BCUT2D eigenvalue weighted by Crippen LogP contribution is 2.30. The van der Waals surface area contributed by atoms with E-state index in [9.17, 15) is 9.59 Å². The average molecular weight is 340 g/mol. The molecule has 1 aliphatic heterocycles. The summed E-state index contributed by atoms with van der Waals surface area (Å²) >= 11 is 1.62. The van der Waals surface area contributed by atoms with Crippen LogP contribution in [-0.4, -0.2) is 24.6 Å². The third-order valence-electron chi connectivity index (χ3n) is 4.30. The zero-order chi connectivity index (χ0) is 17.3. The lowest BCUT2D eigenvalue weighted by Crippen LogP contribution is -2.25. The fourth-order valence-electron chi connectivity index (χ4n) is 2.98. The molecule has 1 aliphatic rings. The first-order valence-electron chi connectivity index (χ1n) is 7.86. The average Bonchev–Trinajstić information content (AvgIpc) is 2.98. The maximum atomic E-state index is 12.6. The van der Waals surface area contributed by atoms with Crippen LogP contribution in [0, 0.1) is 6.92 Å². The van der Waals surface area contributed by atoms with Crippen LogP contribution in [0.1, 0.15) is 28.4 Å². The van der Waals surface area contributed by atoms with Gasteiger partial charge in [0.25, 0.3) is 5.91 Å². The van der Waals surface area contributed by atoms with Gasteiger partial charge in [0.15, 0.2) is 0 Å². The summed E-state index contributed by atoms with van der Waals surface area (Å²) < 4.78 is 0. The van der Waals surface area contributed by atoms with Crippen molar-refractivity contribution in [3.8, 4) is 0 Å². The third-order valence-corrected chi connectivity index (χ3v) is 5.03. The third kappa shape index (κ3) is 3.17.